The van der Waals surface area contributed by atoms with E-state index in [0.717, 1.165) is 31.7 Å². The Hall–Kier alpha value is -3.34. The Morgan fingerprint density at radius 3 is 1.68 bits per heavy atom. The van der Waals surface area contributed by atoms with Crippen LogP contribution in [0.1, 0.15) is 0 Å². The summed E-state index contributed by atoms with van der Waals surface area (Å²) in [6.07, 6.45) is 0. The highest BCUT2D eigenvalue weighted by Crippen LogP contribution is 2.39. The summed E-state index contributed by atoms with van der Waals surface area (Å²) < 4.78 is 4.41. The lowest BCUT2D eigenvalue weighted by molar-refractivity contribution is 1.17. The van der Waals surface area contributed by atoms with Gasteiger partial charge in [-0.3, -0.25) is 0 Å². The third-order valence-corrected chi connectivity index (χ3v) is 6.96. The second-order valence-electron chi connectivity index (χ2n) is 8.19. The van der Waals surface area contributed by atoms with Gasteiger partial charge in [-0.05, 0) is 66.7 Å². The average molecular weight is 568 g/mol. The first-order chi connectivity index (χ1) is 16.7. The number of fused-ring (bicyclic) bond motifs is 3. The Kier molecular flexibility index (Phi) is 5.48. The Bertz CT molecular complexity index is 1560. The number of hydrogen-bond acceptors (Lipinski definition) is 1. The highest BCUT2D eigenvalue weighted by atomic mass is 79.9. The second kappa shape index (κ2) is 8.79. The molecule has 0 saturated heterocycles. The summed E-state index contributed by atoms with van der Waals surface area (Å²) in [5.74, 6) is 0. The van der Waals surface area contributed by atoms with Gasteiger partial charge >= 0.3 is 0 Å². The molecule has 6 rings (SSSR count). The normalized spacial score (nSPS) is 11.2. The van der Waals surface area contributed by atoms with Crippen LogP contribution in [0.2, 0.25) is 0 Å². The van der Waals surface area contributed by atoms with E-state index in [1.807, 2.05) is 0 Å². The van der Waals surface area contributed by atoms with Gasteiger partial charge in [0, 0.05) is 42.5 Å². The number of para-hydroxylation sites is 3. The summed E-state index contributed by atoms with van der Waals surface area (Å²) in [5.41, 5.74) is 6.87. The van der Waals surface area contributed by atoms with Crippen molar-refractivity contribution in [1.82, 2.24) is 4.57 Å². The third kappa shape index (κ3) is 3.73. The lowest BCUT2D eigenvalue weighted by Gasteiger charge is -2.25. The van der Waals surface area contributed by atoms with E-state index in [0.29, 0.717) is 0 Å². The maximum Gasteiger partial charge on any atom is 0.0542 e. The first-order valence-electron chi connectivity index (χ1n) is 11.1. The summed E-state index contributed by atoms with van der Waals surface area (Å²) in [6, 6.07) is 42.8. The topological polar surface area (TPSA) is 8.17 Å². The summed E-state index contributed by atoms with van der Waals surface area (Å²) in [6.45, 7) is 0. The number of anilines is 3. The molecule has 5 aromatic carbocycles. The van der Waals surface area contributed by atoms with Gasteiger partial charge in [0.25, 0.3) is 0 Å². The van der Waals surface area contributed by atoms with E-state index in [1.54, 1.807) is 0 Å². The SMILES string of the molecule is Brc1cc(Br)cc(-n2c3ccccc3c3cc(N(c4ccccc4)c4ccccc4)ccc32)c1. The van der Waals surface area contributed by atoms with Crippen molar-refractivity contribution in [2.24, 2.45) is 0 Å². The third-order valence-electron chi connectivity index (χ3n) is 6.05. The summed E-state index contributed by atoms with van der Waals surface area (Å²) >= 11 is 7.32. The maximum absolute atomic E-state index is 3.66. The van der Waals surface area contributed by atoms with Gasteiger partial charge in [0.05, 0.1) is 11.0 Å². The van der Waals surface area contributed by atoms with E-state index < -0.39 is 0 Å². The standard InChI is InChI=1S/C30H20Br2N2/c31-21-17-22(32)19-26(18-21)34-29-14-8-7-13-27(29)28-20-25(15-16-30(28)34)33(23-9-3-1-4-10-23)24-11-5-2-6-12-24/h1-20H. The van der Waals surface area contributed by atoms with Crippen molar-refractivity contribution in [3.63, 3.8) is 0 Å². The molecule has 0 spiro atoms. The van der Waals surface area contributed by atoms with Crippen molar-refractivity contribution >= 4 is 70.7 Å². The van der Waals surface area contributed by atoms with Gasteiger partial charge < -0.3 is 9.47 Å². The molecule has 4 heteroatoms. The minimum Gasteiger partial charge on any atom is -0.310 e. The van der Waals surface area contributed by atoms with E-state index in [1.165, 1.54) is 21.8 Å². The van der Waals surface area contributed by atoms with Crippen molar-refractivity contribution < 1.29 is 0 Å². The van der Waals surface area contributed by atoms with Gasteiger partial charge in [-0.25, -0.2) is 0 Å². The van der Waals surface area contributed by atoms with Crippen molar-refractivity contribution in [3.05, 3.63) is 130 Å². The molecule has 0 aliphatic heterocycles. The molecule has 2 nitrogen and oxygen atoms in total. The van der Waals surface area contributed by atoms with E-state index in [9.17, 15) is 0 Å². The monoisotopic (exact) mass is 566 g/mol. The van der Waals surface area contributed by atoms with Gasteiger partial charge in [-0.2, -0.15) is 0 Å². The van der Waals surface area contributed by atoms with Gasteiger partial charge in [0.1, 0.15) is 0 Å². The average Bonchev–Trinajstić information content (AvgIpc) is 3.19. The van der Waals surface area contributed by atoms with Crippen LogP contribution in [0.15, 0.2) is 130 Å². The molecule has 164 valence electrons. The van der Waals surface area contributed by atoms with Crippen molar-refractivity contribution in [1.29, 1.82) is 0 Å². The van der Waals surface area contributed by atoms with E-state index in [4.69, 9.17) is 0 Å². The molecule has 0 radical (unpaired) electrons. The van der Waals surface area contributed by atoms with Crippen molar-refractivity contribution in [2.45, 2.75) is 0 Å². The van der Waals surface area contributed by atoms with Crippen molar-refractivity contribution in [3.8, 4) is 5.69 Å². The van der Waals surface area contributed by atoms with Crippen LogP contribution in [-0.2, 0) is 0 Å². The lowest BCUT2D eigenvalue weighted by Crippen LogP contribution is -2.09. The van der Waals surface area contributed by atoms with Crippen LogP contribution < -0.4 is 4.90 Å². The van der Waals surface area contributed by atoms with Crippen LogP contribution in [0.25, 0.3) is 27.5 Å². The molecule has 1 heterocycles. The maximum atomic E-state index is 3.66. The fraction of sp³-hybridized carbons (Fsp3) is 0. The molecule has 0 atom stereocenters. The number of hydrogen-bond donors (Lipinski definition) is 0. The minimum absolute atomic E-state index is 1.04. The van der Waals surface area contributed by atoms with Crippen LogP contribution in [0.5, 0.6) is 0 Å². The molecule has 0 unspecified atom stereocenters. The highest BCUT2D eigenvalue weighted by Gasteiger charge is 2.17. The molecular formula is C30H20Br2N2. The molecule has 34 heavy (non-hydrogen) atoms. The van der Waals surface area contributed by atoms with Crippen LogP contribution >= 0.6 is 31.9 Å². The fourth-order valence-corrected chi connectivity index (χ4v) is 5.92. The summed E-state index contributed by atoms with van der Waals surface area (Å²) in [4.78, 5) is 2.31. The first-order valence-corrected chi connectivity index (χ1v) is 12.7. The van der Waals surface area contributed by atoms with Crippen LogP contribution in [0.4, 0.5) is 17.1 Å². The number of nitrogens with zero attached hydrogens (tertiary/aromatic N) is 2. The van der Waals surface area contributed by atoms with Gasteiger partial charge in [-0.15, -0.1) is 0 Å². The second-order valence-corrected chi connectivity index (χ2v) is 10.0. The largest absolute Gasteiger partial charge is 0.310 e. The van der Waals surface area contributed by atoms with E-state index >= 15 is 0 Å². The molecule has 0 saturated carbocycles. The molecule has 0 aliphatic carbocycles. The number of halogens is 2. The molecule has 0 fully saturated rings. The van der Waals surface area contributed by atoms with E-state index in [-0.39, 0.29) is 0 Å². The van der Waals surface area contributed by atoms with E-state index in [2.05, 4.69) is 163 Å². The molecular weight excluding hydrogens is 548 g/mol. The quantitative estimate of drug-likeness (QED) is 0.206. The fourth-order valence-electron chi connectivity index (χ4n) is 4.65. The smallest absolute Gasteiger partial charge is 0.0542 e. The molecule has 0 N–H and O–H groups in total. The first kappa shape index (κ1) is 21.2. The Labute approximate surface area is 215 Å². The Morgan fingerprint density at radius 1 is 0.471 bits per heavy atom. The van der Waals surface area contributed by atoms with Crippen LogP contribution in [-0.4, -0.2) is 4.57 Å². The minimum atomic E-state index is 1.04. The number of rotatable bonds is 4. The molecule has 6 aromatic rings. The number of benzene rings is 5. The van der Waals surface area contributed by atoms with Gasteiger partial charge in [-0.1, -0.05) is 86.5 Å². The highest BCUT2D eigenvalue weighted by molar-refractivity contribution is 9.11. The van der Waals surface area contributed by atoms with Crippen molar-refractivity contribution in [2.75, 3.05) is 4.90 Å². The number of aromatic nitrogens is 1. The molecule has 0 bridgehead atoms. The summed E-state index contributed by atoms with van der Waals surface area (Å²) in [5, 5.41) is 2.46. The predicted octanol–water partition coefficient (Wildman–Crippen LogP) is 9.78. The zero-order valence-electron chi connectivity index (χ0n) is 18.2. The zero-order valence-corrected chi connectivity index (χ0v) is 21.4. The molecule has 0 aliphatic rings. The molecule has 1 aromatic heterocycles. The van der Waals surface area contributed by atoms with Crippen LogP contribution in [0.3, 0.4) is 0 Å². The Balaban J connectivity index is 1.62. The summed E-state index contributed by atoms with van der Waals surface area (Å²) in [7, 11) is 0. The Morgan fingerprint density at radius 2 is 1.03 bits per heavy atom. The molecule has 0 amide bonds. The predicted molar refractivity (Wildman–Crippen MR) is 151 cm³/mol. The zero-order chi connectivity index (χ0) is 23.1. The van der Waals surface area contributed by atoms with Gasteiger partial charge in [0.15, 0.2) is 0 Å². The van der Waals surface area contributed by atoms with Crippen LogP contribution in [0, 0.1) is 0 Å². The lowest BCUT2D eigenvalue weighted by atomic mass is 10.1. The van der Waals surface area contributed by atoms with Gasteiger partial charge in [0.2, 0.25) is 0 Å².